The molecular formula is C15H19N3OS2. The van der Waals surface area contributed by atoms with Gasteiger partial charge in [0.05, 0.1) is 11.7 Å². The normalized spacial score (nSPS) is 22.4. The predicted molar refractivity (Wildman–Crippen MR) is 88.6 cm³/mol. The molecule has 1 aliphatic heterocycles. The third kappa shape index (κ3) is 3.44. The van der Waals surface area contributed by atoms with E-state index in [-0.39, 0.29) is 0 Å². The summed E-state index contributed by atoms with van der Waals surface area (Å²) in [5, 5.41) is 5.06. The van der Waals surface area contributed by atoms with Crippen LogP contribution in [0.3, 0.4) is 0 Å². The highest BCUT2D eigenvalue weighted by molar-refractivity contribution is 8.06. The average Bonchev–Trinajstić information content (AvgIpc) is 2.96. The molecule has 0 bridgehead atoms. The Morgan fingerprint density at radius 1 is 1.24 bits per heavy atom. The van der Waals surface area contributed by atoms with E-state index in [1.165, 1.54) is 5.75 Å². The maximum atomic E-state index is 5.77. The summed E-state index contributed by atoms with van der Waals surface area (Å²) in [7, 11) is 0. The summed E-state index contributed by atoms with van der Waals surface area (Å²) in [6.45, 7) is 2.77. The lowest BCUT2D eigenvalue weighted by atomic mass is 10.0. The topological polar surface area (TPSA) is 64.9 Å². The number of rotatable bonds is 4. The van der Waals surface area contributed by atoms with Gasteiger partial charge in [0.25, 0.3) is 0 Å². The van der Waals surface area contributed by atoms with Gasteiger partial charge in [0.1, 0.15) is 0 Å². The summed E-state index contributed by atoms with van der Waals surface area (Å²) in [5.74, 6) is 3.87. The Balaban J connectivity index is 1.76. The van der Waals surface area contributed by atoms with Crippen LogP contribution in [0.5, 0.6) is 0 Å². The molecule has 0 aliphatic carbocycles. The van der Waals surface area contributed by atoms with Crippen molar-refractivity contribution in [1.82, 2.24) is 10.1 Å². The quantitative estimate of drug-likeness (QED) is 0.934. The molecule has 2 N–H and O–H groups in total. The third-order valence-electron chi connectivity index (χ3n) is 3.61. The van der Waals surface area contributed by atoms with Crippen molar-refractivity contribution in [2.24, 2.45) is 5.73 Å². The van der Waals surface area contributed by atoms with Crippen LogP contribution in [-0.2, 0) is 13.0 Å². The van der Waals surface area contributed by atoms with E-state index in [9.17, 15) is 0 Å². The molecule has 2 atom stereocenters. The molecule has 21 heavy (non-hydrogen) atoms. The largest absolute Gasteiger partial charge is 0.339 e. The van der Waals surface area contributed by atoms with Crippen molar-refractivity contribution in [3.8, 4) is 0 Å². The molecule has 112 valence electrons. The van der Waals surface area contributed by atoms with Crippen LogP contribution in [0.25, 0.3) is 0 Å². The van der Waals surface area contributed by atoms with Crippen molar-refractivity contribution in [2.45, 2.75) is 30.4 Å². The highest BCUT2D eigenvalue weighted by atomic mass is 32.2. The Bertz CT molecular complexity index is 602. The zero-order valence-corrected chi connectivity index (χ0v) is 13.6. The van der Waals surface area contributed by atoms with Crippen molar-refractivity contribution in [2.75, 3.05) is 11.5 Å². The second kappa shape index (κ2) is 6.85. The Labute approximate surface area is 133 Å². The van der Waals surface area contributed by atoms with Gasteiger partial charge in [-0.2, -0.15) is 16.7 Å². The van der Waals surface area contributed by atoms with E-state index < -0.39 is 0 Å². The van der Waals surface area contributed by atoms with Crippen LogP contribution in [-0.4, -0.2) is 26.9 Å². The summed E-state index contributed by atoms with van der Waals surface area (Å²) >= 11 is 3.91. The van der Waals surface area contributed by atoms with Gasteiger partial charge in [0.15, 0.2) is 5.82 Å². The van der Waals surface area contributed by atoms with Gasteiger partial charge in [-0.3, -0.25) is 0 Å². The lowest BCUT2D eigenvalue weighted by molar-refractivity contribution is 0.378. The van der Waals surface area contributed by atoms with Gasteiger partial charge in [-0.1, -0.05) is 36.3 Å². The molecule has 2 unspecified atom stereocenters. The fraction of sp³-hybridized carbons (Fsp3) is 0.467. The van der Waals surface area contributed by atoms with Gasteiger partial charge in [0.2, 0.25) is 5.89 Å². The smallest absolute Gasteiger partial charge is 0.231 e. The molecule has 0 spiro atoms. The number of nitrogens with two attached hydrogens (primary N) is 1. The average molecular weight is 321 g/mol. The van der Waals surface area contributed by atoms with Crippen molar-refractivity contribution in [1.29, 1.82) is 0 Å². The molecule has 6 heteroatoms. The summed E-state index contributed by atoms with van der Waals surface area (Å²) in [4.78, 5) is 4.60. The molecule has 0 radical (unpaired) electrons. The van der Waals surface area contributed by atoms with E-state index in [4.69, 9.17) is 10.3 Å². The molecule has 1 fully saturated rings. The fourth-order valence-corrected chi connectivity index (χ4v) is 5.14. The summed E-state index contributed by atoms with van der Waals surface area (Å²) in [6.07, 6.45) is 0.652. The van der Waals surface area contributed by atoms with Crippen molar-refractivity contribution in [3.63, 3.8) is 0 Å². The van der Waals surface area contributed by atoms with E-state index in [0.29, 0.717) is 29.4 Å². The molecule has 2 aromatic rings. The van der Waals surface area contributed by atoms with Crippen LogP contribution in [0.15, 0.2) is 28.8 Å². The van der Waals surface area contributed by atoms with E-state index in [1.54, 1.807) is 0 Å². The highest BCUT2D eigenvalue weighted by Crippen LogP contribution is 2.41. The zero-order valence-electron chi connectivity index (χ0n) is 12.0. The first-order valence-corrected chi connectivity index (χ1v) is 9.20. The summed E-state index contributed by atoms with van der Waals surface area (Å²) < 4.78 is 5.45. The molecule has 1 aromatic heterocycles. The molecule has 4 nitrogen and oxygen atoms in total. The van der Waals surface area contributed by atoms with Crippen molar-refractivity contribution in [3.05, 3.63) is 47.1 Å². The summed E-state index contributed by atoms with van der Waals surface area (Å²) in [6, 6.07) is 8.13. The highest BCUT2D eigenvalue weighted by Gasteiger charge is 2.28. The maximum absolute atomic E-state index is 5.77. The predicted octanol–water partition coefficient (Wildman–Crippen LogP) is 3.03. The van der Waals surface area contributed by atoms with E-state index in [2.05, 4.69) is 23.1 Å². The van der Waals surface area contributed by atoms with Crippen LogP contribution < -0.4 is 5.73 Å². The molecule has 2 heterocycles. The molecular weight excluding hydrogens is 302 g/mol. The third-order valence-corrected chi connectivity index (χ3v) is 6.69. The minimum atomic E-state index is 0.339. The first-order chi connectivity index (χ1) is 10.3. The number of nitrogens with zero attached hydrogens (tertiary/aromatic N) is 2. The Kier molecular flexibility index (Phi) is 4.87. The second-order valence-corrected chi connectivity index (χ2v) is 7.80. The van der Waals surface area contributed by atoms with Gasteiger partial charge >= 0.3 is 0 Å². The van der Waals surface area contributed by atoms with Crippen LogP contribution in [0.2, 0.25) is 0 Å². The lowest BCUT2D eigenvalue weighted by Crippen LogP contribution is -2.16. The van der Waals surface area contributed by atoms with Crippen LogP contribution in [0.1, 0.15) is 35.0 Å². The molecule has 0 amide bonds. The second-order valence-electron chi connectivity index (χ2n) is 5.06. The van der Waals surface area contributed by atoms with E-state index in [1.807, 2.05) is 41.7 Å². The van der Waals surface area contributed by atoms with Crippen LogP contribution in [0, 0.1) is 0 Å². The molecule has 0 saturated carbocycles. The van der Waals surface area contributed by atoms with Gasteiger partial charge in [-0.25, -0.2) is 0 Å². The zero-order chi connectivity index (χ0) is 14.7. The van der Waals surface area contributed by atoms with Crippen molar-refractivity contribution < 1.29 is 4.52 Å². The monoisotopic (exact) mass is 321 g/mol. The molecule has 1 aliphatic rings. The van der Waals surface area contributed by atoms with Crippen LogP contribution >= 0.6 is 23.5 Å². The number of hydrogen-bond acceptors (Lipinski definition) is 6. The molecule has 1 aromatic carbocycles. The van der Waals surface area contributed by atoms with Gasteiger partial charge in [0, 0.05) is 23.3 Å². The van der Waals surface area contributed by atoms with Gasteiger partial charge in [-0.15, -0.1) is 11.8 Å². The maximum Gasteiger partial charge on any atom is 0.231 e. The minimum Gasteiger partial charge on any atom is -0.339 e. The Hall–Kier alpha value is -0.980. The molecule has 3 rings (SSSR count). The lowest BCUT2D eigenvalue weighted by Gasteiger charge is -2.24. The number of benzene rings is 1. The number of aromatic nitrogens is 2. The SMILES string of the molecule is CC1SCCSC1c1noc(Cc2ccccc2CN)n1. The summed E-state index contributed by atoms with van der Waals surface area (Å²) in [5.41, 5.74) is 8.07. The Morgan fingerprint density at radius 3 is 2.76 bits per heavy atom. The van der Waals surface area contributed by atoms with Crippen molar-refractivity contribution >= 4 is 23.5 Å². The van der Waals surface area contributed by atoms with Gasteiger partial charge in [-0.05, 0) is 11.1 Å². The van der Waals surface area contributed by atoms with Gasteiger partial charge < -0.3 is 10.3 Å². The first-order valence-electron chi connectivity index (χ1n) is 7.10. The van der Waals surface area contributed by atoms with E-state index in [0.717, 1.165) is 22.7 Å². The fourth-order valence-electron chi connectivity index (χ4n) is 2.46. The standard InChI is InChI=1S/C15H19N3OS2/c1-10-14(21-7-6-20-10)15-17-13(19-18-15)8-11-4-2-3-5-12(11)9-16/h2-5,10,14H,6-9,16H2,1H3. The molecule has 1 saturated heterocycles. The number of thioether (sulfide) groups is 2. The van der Waals surface area contributed by atoms with Crippen LogP contribution in [0.4, 0.5) is 0 Å². The Morgan fingerprint density at radius 2 is 2.00 bits per heavy atom. The van der Waals surface area contributed by atoms with E-state index >= 15 is 0 Å². The number of hydrogen-bond donors (Lipinski definition) is 1. The first kappa shape index (κ1) is 14.9. The minimum absolute atomic E-state index is 0.339.